The summed E-state index contributed by atoms with van der Waals surface area (Å²) in [5.74, 6) is 0.0739. The topological polar surface area (TPSA) is 55.4 Å². The van der Waals surface area contributed by atoms with Crippen molar-refractivity contribution in [2.45, 2.75) is 77.6 Å². The minimum Gasteiger partial charge on any atom is -0.466 e. The number of amides is 1. The summed E-state index contributed by atoms with van der Waals surface area (Å²) >= 11 is 0. The molecule has 0 aliphatic heterocycles. The summed E-state index contributed by atoms with van der Waals surface area (Å²) in [6.45, 7) is 3.10. The van der Waals surface area contributed by atoms with Crippen molar-refractivity contribution >= 4 is 11.9 Å². The number of carbonyl (C=O) groups is 2. The fourth-order valence-electron chi connectivity index (χ4n) is 2.76. The molecule has 122 valence electrons. The highest BCUT2D eigenvalue weighted by atomic mass is 16.5. The summed E-state index contributed by atoms with van der Waals surface area (Å²) in [5.41, 5.74) is 0. The third-order valence-corrected chi connectivity index (χ3v) is 4.12. The molecule has 1 aliphatic rings. The SMILES string of the molecule is CCCCCCCOC(=O)CCNC(=O)C1CCCCC1. The maximum absolute atomic E-state index is 11.9. The highest BCUT2D eigenvalue weighted by molar-refractivity contribution is 5.79. The number of rotatable bonds is 10. The molecule has 21 heavy (non-hydrogen) atoms. The Morgan fingerprint density at radius 2 is 1.76 bits per heavy atom. The first-order valence-electron chi connectivity index (χ1n) is 8.67. The lowest BCUT2D eigenvalue weighted by atomic mass is 9.89. The third-order valence-electron chi connectivity index (χ3n) is 4.12. The summed E-state index contributed by atoms with van der Waals surface area (Å²) in [6.07, 6.45) is 11.6. The Kier molecular flexibility index (Phi) is 9.92. The molecule has 0 aromatic heterocycles. The number of esters is 1. The van der Waals surface area contributed by atoms with Gasteiger partial charge in [-0.25, -0.2) is 0 Å². The van der Waals surface area contributed by atoms with Gasteiger partial charge in [-0.3, -0.25) is 9.59 Å². The van der Waals surface area contributed by atoms with Crippen LogP contribution in [0.2, 0.25) is 0 Å². The van der Waals surface area contributed by atoms with Crippen LogP contribution >= 0.6 is 0 Å². The molecule has 0 aromatic rings. The van der Waals surface area contributed by atoms with E-state index in [0.29, 0.717) is 13.2 Å². The molecule has 0 radical (unpaired) electrons. The number of hydrogen-bond donors (Lipinski definition) is 1. The van der Waals surface area contributed by atoms with E-state index in [9.17, 15) is 9.59 Å². The van der Waals surface area contributed by atoms with Crippen LogP contribution < -0.4 is 5.32 Å². The molecule has 0 aromatic carbocycles. The van der Waals surface area contributed by atoms with E-state index in [1.807, 2.05) is 0 Å². The highest BCUT2D eigenvalue weighted by Crippen LogP contribution is 2.23. The average Bonchev–Trinajstić information content (AvgIpc) is 2.51. The van der Waals surface area contributed by atoms with Gasteiger partial charge in [-0.05, 0) is 19.3 Å². The summed E-state index contributed by atoms with van der Waals surface area (Å²) in [6, 6.07) is 0. The standard InChI is InChI=1S/C17H31NO3/c1-2-3-4-5-9-14-21-16(19)12-13-18-17(20)15-10-7-6-8-11-15/h15H,2-14H2,1H3,(H,18,20). The first kappa shape index (κ1) is 18.0. The van der Waals surface area contributed by atoms with Crippen LogP contribution in [0.4, 0.5) is 0 Å². The molecule has 1 rings (SSSR count). The van der Waals surface area contributed by atoms with Crippen LogP contribution in [-0.4, -0.2) is 25.0 Å². The molecule has 1 amide bonds. The molecule has 0 unspecified atom stereocenters. The molecular formula is C17H31NO3. The Bertz CT molecular complexity index is 298. The molecule has 4 heteroatoms. The van der Waals surface area contributed by atoms with Crippen LogP contribution in [-0.2, 0) is 14.3 Å². The first-order valence-corrected chi connectivity index (χ1v) is 8.67. The van der Waals surface area contributed by atoms with Crippen molar-refractivity contribution in [2.75, 3.05) is 13.2 Å². The molecule has 0 atom stereocenters. The molecule has 1 N–H and O–H groups in total. The Hall–Kier alpha value is -1.06. The number of carbonyl (C=O) groups excluding carboxylic acids is 2. The highest BCUT2D eigenvalue weighted by Gasteiger charge is 2.20. The Morgan fingerprint density at radius 1 is 1.05 bits per heavy atom. The molecule has 1 aliphatic carbocycles. The van der Waals surface area contributed by atoms with Gasteiger partial charge in [-0.15, -0.1) is 0 Å². The largest absolute Gasteiger partial charge is 0.466 e. The molecule has 4 nitrogen and oxygen atoms in total. The molecule has 0 spiro atoms. The number of hydrogen-bond acceptors (Lipinski definition) is 3. The average molecular weight is 297 g/mol. The van der Waals surface area contributed by atoms with Crippen molar-refractivity contribution in [1.29, 1.82) is 0 Å². The van der Waals surface area contributed by atoms with Gasteiger partial charge in [0.1, 0.15) is 0 Å². The predicted octanol–water partition coefficient (Wildman–Crippen LogP) is 3.59. The van der Waals surface area contributed by atoms with E-state index in [2.05, 4.69) is 12.2 Å². The lowest BCUT2D eigenvalue weighted by molar-refractivity contribution is -0.143. The minimum atomic E-state index is -0.200. The smallest absolute Gasteiger partial charge is 0.307 e. The third kappa shape index (κ3) is 8.74. The van der Waals surface area contributed by atoms with Gasteiger partial charge < -0.3 is 10.1 Å². The van der Waals surface area contributed by atoms with E-state index in [-0.39, 0.29) is 24.2 Å². The normalized spacial score (nSPS) is 15.7. The maximum atomic E-state index is 11.9. The molecular weight excluding hydrogens is 266 g/mol. The van der Waals surface area contributed by atoms with Gasteiger partial charge in [-0.1, -0.05) is 51.9 Å². The maximum Gasteiger partial charge on any atom is 0.307 e. The predicted molar refractivity (Wildman–Crippen MR) is 83.9 cm³/mol. The monoisotopic (exact) mass is 297 g/mol. The number of unbranched alkanes of at least 4 members (excludes halogenated alkanes) is 4. The van der Waals surface area contributed by atoms with Crippen LogP contribution in [0.25, 0.3) is 0 Å². The minimum absolute atomic E-state index is 0.113. The number of ether oxygens (including phenoxy) is 1. The van der Waals surface area contributed by atoms with Crippen molar-refractivity contribution in [3.63, 3.8) is 0 Å². The van der Waals surface area contributed by atoms with Crippen molar-refractivity contribution < 1.29 is 14.3 Å². The second-order valence-electron chi connectivity index (χ2n) is 6.01. The lowest BCUT2D eigenvalue weighted by Gasteiger charge is -2.20. The summed E-state index contributed by atoms with van der Waals surface area (Å²) in [4.78, 5) is 23.4. The van der Waals surface area contributed by atoms with E-state index in [0.717, 1.165) is 38.5 Å². The van der Waals surface area contributed by atoms with Crippen LogP contribution in [0.3, 0.4) is 0 Å². The zero-order valence-electron chi connectivity index (χ0n) is 13.5. The van der Waals surface area contributed by atoms with E-state index >= 15 is 0 Å². The van der Waals surface area contributed by atoms with Gasteiger partial charge in [-0.2, -0.15) is 0 Å². The van der Waals surface area contributed by atoms with Gasteiger partial charge in [0, 0.05) is 12.5 Å². The molecule has 0 bridgehead atoms. The fourth-order valence-corrected chi connectivity index (χ4v) is 2.76. The quantitative estimate of drug-likeness (QED) is 0.495. The van der Waals surface area contributed by atoms with Gasteiger partial charge in [0.15, 0.2) is 0 Å². The Labute approximate surface area is 129 Å². The van der Waals surface area contributed by atoms with Crippen molar-refractivity contribution in [1.82, 2.24) is 5.32 Å². The summed E-state index contributed by atoms with van der Waals surface area (Å²) in [5, 5.41) is 2.86. The van der Waals surface area contributed by atoms with E-state index in [1.165, 1.54) is 25.7 Å². The molecule has 1 fully saturated rings. The second-order valence-corrected chi connectivity index (χ2v) is 6.01. The van der Waals surface area contributed by atoms with E-state index in [1.54, 1.807) is 0 Å². The van der Waals surface area contributed by atoms with Crippen molar-refractivity contribution in [3.05, 3.63) is 0 Å². The zero-order chi connectivity index (χ0) is 15.3. The Balaban J connectivity index is 1.96. The van der Waals surface area contributed by atoms with Crippen LogP contribution in [0.1, 0.15) is 77.6 Å². The van der Waals surface area contributed by atoms with Crippen LogP contribution in [0.15, 0.2) is 0 Å². The molecule has 0 heterocycles. The van der Waals surface area contributed by atoms with E-state index < -0.39 is 0 Å². The van der Waals surface area contributed by atoms with Crippen LogP contribution in [0, 0.1) is 5.92 Å². The van der Waals surface area contributed by atoms with Crippen molar-refractivity contribution in [3.8, 4) is 0 Å². The summed E-state index contributed by atoms with van der Waals surface area (Å²) in [7, 11) is 0. The first-order chi connectivity index (χ1) is 10.2. The number of nitrogens with one attached hydrogen (secondary N) is 1. The zero-order valence-corrected chi connectivity index (χ0v) is 13.5. The van der Waals surface area contributed by atoms with Crippen molar-refractivity contribution in [2.24, 2.45) is 5.92 Å². The second kappa shape index (κ2) is 11.6. The Morgan fingerprint density at radius 3 is 2.48 bits per heavy atom. The lowest BCUT2D eigenvalue weighted by Crippen LogP contribution is -2.33. The van der Waals surface area contributed by atoms with Gasteiger partial charge in [0.2, 0.25) is 5.91 Å². The fraction of sp³-hybridized carbons (Fsp3) is 0.882. The van der Waals surface area contributed by atoms with Gasteiger partial charge in [0.05, 0.1) is 13.0 Å². The van der Waals surface area contributed by atoms with Gasteiger partial charge >= 0.3 is 5.97 Å². The molecule has 1 saturated carbocycles. The van der Waals surface area contributed by atoms with Gasteiger partial charge in [0.25, 0.3) is 0 Å². The summed E-state index contributed by atoms with van der Waals surface area (Å²) < 4.78 is 5.16. The van der Waals surface area contributed by atoms with E-state index in [4.69, 9.17) is 4.74 Å². The van der Waals surface area contributed by atoms with Crippen LogP contribution in [0.5, 0.6) is 0 Å². The molecule has 0 saturated heterocycles.